The Hall–Kier alpha value is -0.280. The summed E-state index contributed by atoms with van der Waals surface area (Å²) >= 11 is 1.96. The maximum absolute atomic E-state index is 11.6. The molecule has 0 radical (unpaired) electrons. The van der Waals surface area contributed by atoms with E-state index in [9.17, 15) is 13.2 Å². The molecule has 0 aliphatic rings. The lowest BCUT2D eigenvalue weighted by Gasteiger charge is -2.06. The van der Waals surface area contributed by atoms with Gasteiger partial charge in [-0.2, -0.15) is 18.7 Å². The van der Waals surface area contributed by atoms with Crippen molar-refractivity contribution in [1.82, 2.24) is 5.48 Å². The Morgan fingerprint density at radius 2 is 2.14 bits per heavy atom. The van der Waals surface area contributed by atoms with E-state index < -0.39 is 12.8 Å². The summed E-state index contributed by atoms with van der Waals surface area (Å²) in [7, 11) is 0. The van der Waals surface area contributed by atoms with Gasteiger partial charge in [0.15, 0.2) is 10.4 Å². The first-order chi connectivity index (χ1) is 6.47. The van der Waals surface area contributed by atoms with E-state index in [-0.39, 0.29) is 6.54 Å². The molecule has 1 aromatic rings. The predicted octanol–water partition coefficient (Wildman–Crippen LogP) is 2.47. The fourth-order valence-corrected chi connectivity index (χ4v) is 1.16. The average Bonchev–Trinajstić information content (AvgIpc) is 2.44. The highest BCUT2D eigenvalue weighted by atomic mass is 127. The summed E-state index contributed by atoms with van der Waals surface area (Å²) in [5.74, 6) is 0.525. The van der Waals surface area contributed by atoms with E-state index in [1.165, 1.54) is 0 Å². The van der Waals surface area contributed by atoms with Gasteiger partial charge in [-0.05, 0) is 34.7 Å². The quantitative estimate of drug-likeness (QED) is 0.526. The molecule has 0 fully saturated rings. The van der Waals surface area contributed by atoms with Crippen LogP contribution in [0.3, 0.4) is 0 Å². The van der Waals surface area contributed by atoms with Crippen molar-refractivity contribution in [2.75, 3.05) is 6.61 Å². The van der Waals surface area contributed by atoms with E-state index in [4.69, 9.17) is 4.42 Å². The largest absolute Gasteiger partial charge is 0.454 e. The van der Waals surface area contributed by atoms with E-state index in [0.717, 1.165) is 0 Å². The van der Waals surface area contributed by atoms with Crippen molar-refractivity contribution < 1.29 is 22.4 Å². The number of hydrogen-bond donors (Lipinski definition) is 1. The van der Waals surface area contributed by atoms with E-state index in [1.807, 2.05) is 22.6 Å². The van der Waals surface area contributed by atoms with Crippen LogP contribution >= 0.6 is 22.6 Å². The number of rotatable bonds is 4. The molecule has 7 heteroatoms. The van der Waals surface area contributed by atoms with Gasteiger partial charge in [0.1, 0.15) is 5.76 Å². The first-order valence-corrected chi connectivity index (χ1v) is 4.71. The molecule has 1 heterocycles. The lowest BCUT2D eigenvalue weighted by atomic mass is 10.5. The van der Waals surface area contributed by atoms with Crippen LogP contribution < -0.4 is 5.48 Å². The van der Waals surface area contributed by atoms with E-state index in [0.29, 0.717) is 9.53 Å². The molecule has 0 spiro atoms. The van der Waals surface area contributed by atoms with E-state index in [1.54, 1.807) is 12.1 Å². The van der Waals surface area contributed by atoms with Crippen molar-refractivity contribution in [2.45, 2.75) is 12.7 Å². The Morgan fingerprint density at radius 1 is 1.43 bits per heavy atom. The lowest BCUT2D eigenvalue weighted by Crippen LogP contribution is -2.24. The zero-order valence-electron chi connectivity index (χ0n) is 6.90. The minimum atomic E-state index is -4.31. The third-order valence-corrected chi connectivity index (χ3v) is 1.79. The van der Waals surface area contributed by atoms with Gasteiger partial charge in [0, 0.05) is 0 Å². The highest BCUT2D eigenvalue weighted by molar-refractivity contribution is 14.1. The molecule has 0 aromatic carbocycles. The van der Waals surface area contributed by atoms with Crippen LogP contribution in [0.1, 0.15) is 5.76 Å². The first kappa shape index (κ1) is 11.8. The Morgan fingerprint density at radius 3 is 2.64 bits per heavy atom. The topological polar surface area (TPSA) is 34.4 Å². The fraction of sp³-hybridized carbons (Fsp3) is 0.429. The second-order valence-corrected chi connectivity index (χ2v) is 3.49. The van der Waals surface area contributed by atoms with Gasteiger partial charge in [0.25, 0.3) is 0 Å². The van der Waals surface area contributed by atoms with Crippen LogP contribution in [0.5, 0.6) is 0 Å². The molecule has 0 amide bonds. The molecule has 14 heavy (non-hydrogen) atoms. The standard InChI is InChI=1S/C7H7F3INO2/c8-7(9,10)4-13-12-3-5-1-2-6(11)14-5/h1-2,12H,3-4H2. The fourth-order valence-electron chi connectivity index (χ4n) is 0.702. The Kier molecular flexibility index (Phi) is 4.20. The van der Waals surface area contributed by atoms with Crippen LogP contribution in [0.25, 0.3) is 0 Å². The van der Waals surface area contributed by atoms with Crippen molar-refractivity contribution >= 4 is 22.6 Å². The molecule has 0 aliphatic carbocycles. The van der Waals surface area contributed by atoms with Gasteiger partial charge in [-0.1, -0.05) is 0 Å². The number of nitrogens with one attached hydrogen (secondary N) is 1. The van der Waals surface area contributed by atoms with E-state index >= 15 is 0 Å². The third-order valence-electron chi connectivity index (χ3n) is 1.21. The molecule has 3 nitrogen and oxygen atoms in total. The maximum Gasteiger partial charge on any atom is 0.413 e. The first-order valence-electron chi connectivity index (χ1n) is 3.63. The summed E-state index contributed by atoms with van der Waals surface area (Å²) in [6.07, 6.45) is -4.31. The number of hydrogen-bond acceptors (Lipinski definition) is 3. The summed E-state index contributed by atoms with van der Waals surface area (Å²) < 4.78 is 40.5. The van der Waals surface area contributed by atoms with Gasteiger partial charge in [-0.15, -0.1) is 0 Å². The van der Waals surface area contributed by atoms with Crippen LogP contribution in [0, 0.1) is 3.77 Å². The Balaban J connectivity index is 2.16. The molecule has 0 saturated carbocycles. The molecule has 0 unspecified atom stereocenters. The number of alkyl halides is 3. The van der Waals surface area contributed by atoms with Gasteiger partial charge >= 0.3 is 6.18 Å². The maximum atomic E-state index is 11.6. The van der Waals surface area contributed by atoms with Crippen molar-refractivity contribution in [2.24, 2.45) is 0 Å². The van der Waals surface area contributed by atoms with Gasteiger partial charge in [0.05, 0.1) is 6.54 Å². The molecule has 0 aliphatic heterocycles. The Bertz CT molecular complexity index is 287. The molecular formula is C7H7F3INO2. The van der Waals surface area contributed by atoms with Crippen LogP contribution in [-0.2, 0) is 11.4 Å². The second-order valence-electron chi connectivity index (χ2n) is 2.43. The van der Waals surface area contributed by atoms with Crippen LogP contribution in [-0.4, -0.2) is 12.8 Å². The summed E-state index contributed by atoms with van der Waals surface area (Å²) in [4.78, 5) is 4.17. The number of furan rings is 1. The molecule has 1 aromatic heterocycles. The summed E-state index contributed by atoms with van der Waals surface area (Å²) in [6, 6.07) is 3.37. The summed E-state index contributed by atoms with van der Waals surface area (Å²) in [5, 5.41) is 0. The second kappa shape index (κ2) is 4.99. The Labute approximate surface area is 91.7 Å². The molecule has 0 bridgehead atoms. The van der Waals surface area contributed by atoms with Gasteiger partial charge in [0.2, 0.25) is 0 Å². The highest BCUT2D eigenvalue weighted by Gasteiger charge is 2.27. The molecule has 0 atom stereocenters. The highest BCUT2D eigenvalue weighted by Crippen LogP contribution is 2.14. The molecular weight excluding hydrogens is 314 g/mol. The average molecular weight is 321 g/mol. The van der Waals surface area contributed by atoms with Crippen LogP contribution in [0.15, 0.2) is 16.5 Å². The van der Waals surface area contributed by atoms with Crippen molar-refractivity contribution in [3.05, 3.63) is 21.7 Å². The number of halogens is 4. The summed E-state index contributed by atoms with van der Waals surface area (Å²) in [6.45, 7) is -1.20. The van der Waals surface area contributed by atoms with Gasteiger partial charge < -0.3 is 4.42 Å². The van der Waals surface area contributed by atoms with Crippen LogP contribution in [0.2, 0.25) is 0 Å². The van der Waals surface area contributed by atoms with Crippen molar-refractivity contribution in [3.63, 3.8) is 0 Å². The third kappa shape index (κ3) is 4.82. The lowest BCUT2D eigenvalue weighted by molar-refractivity contribution is -0.190. The normalized spacial score (nSPS) is 12.0. The monoisotopic (exact) mass is 321 g/mol. The minimum absolute atomic E-state index is 0.110. The summed E-state index contributed by atoms with van der Waals surface area (Å²) in [5.41, 5.74) is 2.15. The smallest absolute Gasteiger partial charge is 0.413 e. The molecule has 0 saturated heterocycles. The van der Waals surface area contributed by atoms with Gasteiger partial charge in [-0.3, -0.25) is 4.84 Å². The van der Waals surface area contributed by atoms with Crippen LogP contribution in [0.4, 0.5) is 13.2 Å². The van der Waals surface area contributed by atoms with Crippen molar-refractivity contribution in [3.8, 4) is 0 Å². The number of hydroxylamine groups is 1. The SMILES string of the molecule is FC(F)(F)CONCc1ccc(I)o1. The minimum Gasteiger partial charge on any atom is -0.454 e. The van der Waals surface area contributed by atoms with E-state index in [2.05, 4.69) is 10.3 Å². The molecule has 1 N–H and O–H groups in total. The van der Waals surface area contributed by atoms with Gasteiger partial charge in [-0.25, -0.2) is 0 Å². The zero-order valence-corrected chi connectivity index (χ0v) is 9.05. The van der Waals surface area contributed by atoms with Crippen molar-refractivity contribution in [1.29, 1.82) is 0 Å². The molecule has 80 valence electrons. The zero-order chi connectivity index (χ0) is 10.6. The predicted molar refractivity (Wildman–Crippen MR) is 50.3 cm³/mol. The molecule has 1 rings (SSSR count).